The molecule has 0 unspecified atom stereocenters. The van der Waals surface area contributed by atoms with Gasteiger partial charge in [0.2, 0.25) is 0 Å². The molecule has 0 saturated carbocycles. The first-order valence-corrected chi connectivity index (χ1v) is 41.6. The first kappa shape index (κ1) is 86.9. The lowest BCUT2D eigenvalue weighted by atomic mass is 10.0. The molecule has 8 aromatic heterocycles. The fraction of sp³-hybridized carbons (Fsp3) is 0.357. The fourth-order valence-electron chi connectivity index (χ4n) is 15.9. The van der Waals surface area contributed by atoms with Crippen molar-refractivity contribution < 1.29 is 52.4 Å². The van der Waals surface area contributed by atoms with Gasteiger partial charge >= 0.3 is 39.7 Å². The largest absolute Gasteiger partial charge is 0.462 e. The van der Waals surface area contributed by atoms with Crippen molar-refractivity contribution in [1.29, 1.82) is 0 Å². The van der Waals surface area contributed by atoms with E-state index >= 15 is 0 Å². The molecule has 0 bridgehead atoms. The number of fused-ring (bicyclic) bond motifs is 4. The molecule has 37 nitrogen and oxygen atoms in total. The molecule has 0 atom stereocenters. The predicted octanol–water partition coefficient (Wildman–Crippen LogP) is 9.99. The highest BCUT2D eigenvalue weighted by Crippen LogP contribution is 2.39. The van der Waals surface area contributed by atoms with E-state index in [0.717, 1.165) is 22.6 Å². The number of thiophene rings is 1. The summed E-state index contributed by atoms with van der Waals surface area (Å²) in [7, 11) is 4.73. The van der Waals surface area contributed by atoms with E-state index in [1.165, 1.54) is 45.4 Å². The number of rotatable bonds is 18. The number of ether oxygens (including phenoxy) is 1. The zero-order valence-corrected chi connectivity index (χ0v) is 70.7. The molecule has 16 rings (SSSR count). The van der Waals surface area contributed by atoms with Gasteiger partial charge in [-0.15, -0.1) is 11.3 Å². The van der Waals surface area contributed by atoms with Gasteiger partial charge in [0.1, 0.15) is 28.4 Å². The summed E-state index contributed by atoms with van der Waals surface area (Å²) in [4.78, 5) is 164. The van der Waals surface area contributed by atoms with E-state index in [4.69, 9.17) is 13.7 Å². The number of piperazine rings is 4. The molecule has 0 aliphatic carbocycles. The number of aryl methyl sites for hydroxylation is 3. The number of hydrogen-bond acceptors (Lipinski definition) is 28. The molecule has 4 amide bonds. The second-order valence-electron chi connectivity index (χ2n) is 30.3. The number of benzene rings is 4. The number of esters is 1. The second kappa shape index (κ2) is 37.8. The van der Waals surface area contributed by atoms with Crippen molar-refractivity contribution in [1.82, 2.24) is 51.8 Å². The highest BCUT2D eigenvalue weighted by Gasteiger charge is 2.38. The van der Waals surface area contributed by atoms with Crippen LogP contribution in [0.5, 0.6) is 0 Å². The zero-order valence-electron chi connectivity index (χ0n) is 69.1. The molecule has 1 N–H and O–H groups in total. The van der Waals surface area contributed by atoms with Gasteiger partial charge in [-0.05, 0) is 73.5 Å². The number of carbonyl (C=O) groups excluding carboxylic acids is 5. The summed E-state index contributed by atoms with van der Waals surface area (Å²) in [6, 6.07) is 37.7. The van der Waals surface area contributed by atoms with E-state index in [-0.39, 0.29) is 64.6 Å². The van der Waals surface area contributed by atoms with E-state index in [2.05, 4.69) is 19.2 Å². The molecular formula is C84H91N19O18S2. The Balaban J connectivity index is 0.000000141. The van der Waals surface area contributed by atoms with Gasteiger partial charge in [0, 0.05) is 167 Å². The maximum atomic E-state index is 13.6. The molecule has 0 spiro atoms. The number of nitro groups is 3. The maximum absolute atomic E-state index is 13.6. The number of aromatic nitrogens is 7. The summed E-state index contributed by atoms with van der Waals surface area (Å²) in [6.45, 7) is 19.0. The Hall–Kier alpha value is -14.0. The number of nitrogens with one attached hydrogen (secondary N) is 1. The maximum Gasteiger partial charge on any atom is 0.357 e. The summed E-state index contributed by atoms with van der Waals surface area (Å²) in [6.07, 6.45) is 1.48. The number of furan rings is 1. The molecule has 39 heteroatoms. The Labute approximate surface area is 710 Å². The minimum Gasteiger partial charge on any atom is -0.462 e. The molecular weight excluding hydrogens is 1630 g/mol. The Morgan fingerprint density at radius 2 is 0.902 bits per heavy atom. The minimum atomic E-state index is -0.653. The van der Waals surface area contributed by atoms with Gasteiger partial charge in [-0.1, -0.05) is 112 Å². The first-order valence-electron chi connectivity index (χ1n) is 39.9. The average Bonchev–Trinajstić information content (AvgIpc) is 1.32. The SMILES string of the molecule is CC(C)Cn1c(=O)c([N+](=O)[O-])c(N2CCN(C(=O)c3cccs3)CC2)c2ccccc21.CCOC(=O)c1c(N2CCN(C(=O)c3ccco3)CC2)c2ccccc2n(CC(C)C)c1=O.CNc1nsnc1C(=O)N1CCN(c2c([N+](=O)[O-])c(=O)n(C)c3ccccc23)CC1.Cc1cc(C(=O)N2CCN(c3c([N+](=O)[O-])c(=O)n(C)c4ccccc34)CC2)no1. The number of amides is 4. The van der Waals surface area contributed by atoms with Crippen molar-refractivity contribution >= 4 is 142 Å². The van der Waals surface area contributed by atoms with E-state index < -0.39 is 54.5 Å². The number of nitrogens with zero attached hydrogens (tertiary/aromatic N) is 18. The third-order valence-electron chi connectivity index (χ3n) is 21.7. The van der Waals surface area contributed by atoms with Crippen LogP contribution in [0.2, 0.25) is 0 Å². The summed E-state index contributed by atoms with van der Waals surface area (Å²) < 4.78 is 29.4. The van der Waals surface area contributed by atoms with E-state index in [1.54, 1.807) is 123 Å². The minimum absolute atomic E-state index is 0.0265. The van der Waals surface area contributed by atoms with Crippen LogP contribution in [0.15, 0.2) is 167 Å². The monoisotopic (exact) mass is 1720 g/mol. The van der Waals surface area contributed by atoms with Crippen molar-refractivity contribution in [3.63, 3.8) is 0 Å². The topological polar surface area (TPSA) is 415 Å². The van der Waals surface area contributed by atoms with Crippen molar-refractivity contribution in [3.05, 3.63) is 244 Å². The normalized spacial score (nSPS) is 14.3. The lowest BCUT2D eigenvalue weighted by Crippen LogP contribution is -2.49. The number of pyridine rings is 4. The molecule has 12 heterocycles. The Kier molecular flexibility index (Phi) is 26.7. The Morgan fingerprint density at radius 1 is 0.496 bits per heavy atom. The van der Waals surface area contributed by atoms with Gasteiger partial charge in [-0.25, -0.2) is 4.79 Å². The van der Waals surface area contributed by atoms with Crippen molar-refractivity contribution in [2.45, 2.75) is 54.6 Å². The molecule has 642 valence electrons. The van der Waals surface area contributed by atoms with Crippen LogP contribution < -0.4 is 47.2 Å². The lowest BCUT2D eigenvalue weighted by Gasteiger charge is -2.37. The smallest absolute Gasteiger partial charge is 0.357 e. The van der Waals surface area contributed by atoms with Gasteiger partial charge in [-0.3, -0.25) is 68.7 Å². The molecule has 0 radical (unpaired) electrons. The van der Waals surface area contributed by atoms with Crippen LogP contribution in [-0.2, 0) is 31.9 Å². The molecule has 4 saturated heterocycles. The Morgan fingerprint density at radius 3 is 1.31 bits per heavy atom. The number of carbonyl (C=O) groups is 5. The zero-order chi connectivity index (χ0) is 87.8. The molecule has 4 aliphatic heterocycles. The summed E-state index contributed by atoms with van der Waals surface area (Å²) in [5, 5.41) is 46.7. The molecule has 12 aromatic rings. The van der Waals surface area contributed by atoms with Crippen LogP contribution >= 0.6 is 23.1 Å². The van der Waals surface area contributed by atoms with Crippen LogP contribution in [0.1, 0.15) is 91.9 Å². The summed E-state index contributed by atoms with van der Waals surface area (Å²) >= 11 is 2.36. The summed E-state index contributed by atoms with van der Waals surface area (Å²) in [5.41, 5.74) is 1.31. The lowest BCUT2D eigenvalue weighted by molar-refractivity contribution is -0.385. The second-order valence-corrected chi connectivity index (χ2v) is 31.8. The van der Waals surface area contributed by atoms with E-state index in [0.29, 0.717) is 195 Å². The Bertz CT molecular complexity index is 6260. The van der Waals surface area contributed by atoms with Crippen molar-refractivity contribution in [3.8, 4) is 0 Å². The van der Waals surface area contributed by atoms with E-state index in [1.807, 2.05) is 102 Å². The fourth-order valence-corrected chi connectivity index (χ4v) is 17.1. The van der Waals surface area contributed by atoms with Gasteiger partial charge in [0.25, 0.3) is 29.2 Å². The average molecular weight is 1720 g/mol. The van der Waals surface area contributed by atoms with E-state index in [9.17, 15) is 73.5 Å². The van der Waals surface area contributed by atoms with Crippen LogP contribution in [-0.4, -0.2) is 215 Å². The predicted molar refractivity (Wildman–Crippen MR) is 467 cm³/mol. The highest BCUT2D eigenvalue weighted by molar-refractivity contribution is 7.12. The third kappa shape index (κ3) is 18.0. The number of anilines is 5. The van der Waals surface area contributed by atoms with Gasteiger partial charge < -0.3 is 76.5 Å². The van der Waals surface area contributed by atoms with Gasteiger partial charge in [0.15, 0.2) is 23.0 Å². The first-order chi connectivity index (χ1) is 59.1. The van der Waals surface area contributed by atoms with Crippen LogP contribution in [0.25, 0.3) is 43.6 Å². The quantitative estimate of drug-likeness (QED) is 0.0474. The van der Waals surface area contributed by atoms with Gasteiger partial charge in [-0.2, -0.15) is 8.75 Å². The molecule has 4 aliphatic rings. The molecule has 4 fully saturated rings. The van der Waals surface area contributed by atoms with Crippen molar-refractivity contribution in [2.75, 3.05) is 143 Å². The van der Waals surface area contributed by atoms with Crippen LogP contribution in [0.3, 0.4) is 0 Å². The van der Waals surface area contributed by atoms with Crippen molar-refractivity contribution in [2.24, 2.45) is 25.9 Å². The standard InChI is InChI=1S/C25H29N3O5.C22H24N4O4S.C19H19N5O5.C18H19N7O4S/c1-4-32-25(31)21-22(18-8-5-6-9-19(18)28(24(21)30)16-17(2)3)26-11-13-27(14-12-26)23(29)20-10-7-15-33-20;1-15(2)14-25-17-7-4-3-6-16(17)19(20(22(25)28)26(29)30)23-9-11-24(12-10-23)21(27)18-8-5-13-31-18;1-12-11-14(20-29-12)18(25)23-9-7-22(8-10-23)16-13-5-3-4-6-15(13)21(2)19(26)17(16)24(27)28;1-19-16-13(20-30-21-16)17(26)24-9-7-23(8-10-24)14-11-5-3-4-6-12(11)22(2)18(27)15(14)25(28)29/h5-10,15,17H,4,11-14,16H2,1-3H3;3-8,13,15H,9-12,14H2,1-2H3;3-6,11H,7-10H2,1-2H3;3-6H,7-10H2,1-2H3,(H,19,21). The highest BCUT2D eigenvalue weighted by atomic mass is 32.1. The number of para-hydroxylation sites is 4. The summed E-state index contributed by atoms with van der Waals surface area (Å²) in [5.74, 6) is 0.383. The van der Waals surface area contributed by atoms with Crippen LogP contribution in [0, 0.1) is 49.1 Å². The third-order valence-corrected chi connectivity index (χ3v) is 23.1. The molecule has 123 heavy (non-hydrogen) atoms. The van der Waals surface area contributed by atoms with Gasteiger partial charge in [0.05, 0.1) is 72.0 Å². The number of hydrogen-bond donors (Lipinski definition) is 1. The van der Waals surface area contributed by atoms with Crippen LogP contribution in [0.4, 0.5) is 45.6 Å². The molecule has 4 aromatic carbocycles.